The molecule has 0 aromatic heterocycles. The standard InChI is InChI=1S/C26H22Cl2N2O3/c1-17-5-2-3-8-22(17)25(32)29(14-13-18-6-4-7-20(28)15-18)23-16-24(31)30(26(23)33)21-11-9-19(27)10-12-21/h2-12,15,23H,13-14,16H2,1H3. The molecule has 168 valence electrons. The van der Waals surface area contributed by atoms with Crippen LogP contribution in [0.5, 0.6) is 0 Å². The molecule has 3 aromatic carbocycles. The van der Waals surface area contributed by atoms with E-state index in [1.54, 1.807) is 42.5 Å². The van der Waals surface area contributed by atoms with E-state index in [0.29, 0.717) is 27.7 Å². The van der Waals surface area contributed by atoms with Crippen molar-refractivity contribution in [1.29, 1.82) is 0 Å². The molecule has 0 bridgehead atoms. The van der Waals surface area contributed by atoms with Crippen molar-refractivity contribution in [3.05, 3.63) is 99.5 Å². The van der Waals surface area contributed by atoms with Crippen LogP contribution in [-0.4, -0.2) is 35.2 Å². The summed E-state index contributed by atoms with van der Waals surface area (Å²) in [5.41, 5.74) is 2.70. The third-order valence-electron chi connectivity index (χ3n) is 5.75. The summed E-state index contributed by atoms with van der Waals surface area (Å²) in [6.07, 6.45) is 0.422. The number of carbonyl (C=O) groups excluding carboxylic acids is 3. The second-order valence-corrected chi connectivity index (χ2v) is 8.83. The molecule has 33 heavy (non-hydrogen) atoms. The Balaban J connectivity index is 1.65. The molecular formula is C26H22Cl2N2O3. The molecule has 1 saturated heterocycles. The van der Waals surface area contributed by atoms with Crippen LogP contribution in [0.1, 0.15) is 27.9 Å². The quantitative estimate of drug-likeness (QED) is 0.448. The highest BCUT2D eigenvalue weighted by atomic mass is 35.5. The number of carbonyl (C=O) groups is 3. The van der Waals surface area contributed by atoms with E-state index >= 15 is 0 Å². The fraction of sp³-hybridized carbons (Fsp3) is 0.192. The van der Waals surface area contributed by atoms with E-state index in [4.69, 9.17) is 23.2 Å². The summed E-state index contributed by atoms with van der Waals surface area (Å²) >= 11 is 12.1. The van der Waals surface area contributed by atoms with Gasteiger partial charge in [-0.2, -0.15) is 0 Å². The molecule has 1 unspecified atom stereocenters. The molecule has 3 aromatic rings. The van der Waals surface area contributed by atoms with Crippen molar-refractivity contribution >= 4 is 46.6 Å². The maximum absolute atomic E-state index is 13.6. The minimum absolute atomic E-state index is 0.0748. The van der Waals surface area contributed by atoms with Gasteiger partial charge in [0.2, 0.25) is 5.91 Å². The van der Waals surface area contributed by atoms with Crippen molar-refractivity contribution in [1.82, 2.24) is 4.90 Å². The normalized spacial score (nSPS) is 15.7. The molecule has 0 radical (unpaired) electrons. The second-order valence-electron chi connectivity index (χ2n) is 7.96. The van der Waals surface area contributed by atoms with Crippen LogP contribution in [0.25, 0.3) is 0 Å². The van der Waals surface area contributed by atoms with Gasteiger partial charge in [-0.05, 0) is 66.9 Å². The van der Waals surface area contributed by atoms with Gasteiger partial charge in [-0.1, -0.05) is 53.5 Å². The van der Waals surface area contributed by atoms with Gasteiger partial charge in [-0.15, -0.1) is 0 Å². The molecule has 0 saturated carbocycles. The summed E-state index contributed by atoms with van der Waals surface area (Å²) in [5.74, 6) is -1.05. The molecule has 0 N–H and O–H groups in total. The van der Waals surface area contributed by atoms with Crippen LogP contribution in [0.15, 0.2) is 72.8 Å². The number of amides is 3. The first kappa shape index (κ1) is 23.0. The zero-order valence-corrected chi connectivity index (χ0v) is 19.5. The highest BCUT2D eigenvalue weighted by molar-refractivity contribution is 6.31. The Hall–Kier alpha value is -3.15. The number of anilines is 1. The largest absolute Gasteiger partial charge is 0.326 e. The zero-order chi connectivity index (χ0) is 23.5. The van der Waals surface area contributed by atoms with Crippen LogP contribution in [0.3, 0.4) is 0 Å². The lowest BCUT2D eigenvalue weighted by atomic mass is 10.0. The Morgan fingerprint density at radius 2 is 1.70 bits per heavy atom. The summed E-state index contributed by atoms with van der Waals surface area (Å²) in [7, 11) is 0. The van der Waals surface area contributed by atoms with Crippen molar-refractivity contribution < 1.29 is 14.4 Å². The van der Waals surface area contributed by atoms with E-state index in [9.17, 15) is 14.4 Å². The molecule has 0 spiro atoms. The van der Waals surface area contributed by atoms with Gasteiger partial charge in [0, 0.05) is 22.2 Å². The molecular weight excluding hydrogens is 459 g/mol. The average molecular weight is 481 g/mol. The molecule has 3 amide bonds. The second kappa shape index (κ2) is 9.77. The van der Waals surface area contributed by atoms with Crippen LogP contribution >= 0.6 is 23.2 Å². The number of hydrogen-bond acceptors (Lipinski definition) is 3. The van der Waals surface area contributed by atoms with Gasteiger partial charge < -0.3 is 4.90 Å². The Labute approximate surface area is 202 Å². The fourth-order valence-corrected chi connectivity index (χ4v) is 4.37. The van der Waals surface area contributed by atoms with Crippen molar-refractivity contribution in [3.8, 4) is 0 Å². The van der Waals surface area contributed by atoms with Gasteiger partial charge in [0.1, 0.15) is 6.04 Å². The van der Waals surface area contributed by atoms with Crippen LogP contribution in [-0.2, 0) is 16.0 Å². The number of rotatable bonds is 6. The van der Waals surface area contributed by atoms with E-state index in [2.05, 4.69) is 0 Å². The Morgan fingerprint density at radius 3 is 2.39 bits per heavy atom. The highest BCUT2D eigenvalue weighted by Gasteiger charge is 2.44. The average Bonchev–Trinajstić information content (AvgIpc) is 3.08. The van der Waals surface area contributed by atoms with Gasteiger partial charge in [0.05, 0.1) is 12.1 Å². The third-order valence-corrected chi connectivity index (χ3v) is 6.24. The summed E-state index contributed by atoms with van der Waals surface area (Å²) in [4.78, 5) is 42.5. The van der Waals surface area contributed by atoms with Crippen LogP contribution in [0.2, 0.25) is 10.0 Å². The van der Waals surface area contributed by atoms with Gasteiger partial charge in [-0.3, -0.25) is 14.4 Å². The SMILES string of the molecule is Cc1ccccc1C(=O)N(CCc1cccc(Cl)c1)C1CC(=O)N(c2ccc(Cl)cc2)C1=O. The Bertz CT molecular complexity index is 1210. The predicted octanol–water partition coefficient (Wildman–Crippen LogP) is 5.32. The number of benzene rings is 3. The molecule has 1 aliphatic rings. The summed E-state index contributed by atoms with van der Waals surface area (Å²) in [6, 6.07) is 20.2. The Morgan fingerprint density at radius 1 is 0.970 bits per heavy atom. The first-order valence-electron chi connectivity index (χ1n) is 10.6. The van der Waals surface area contributed by atoms with Crippen molar-refractivity contribution in [2.45, 2.75) is 25.8 Å². The number of imide groups is 1. The molecule has 0 aliphatic carbocycles. The van der Waals surface area contributed by atoms with Crippen molar-refractivity contribution in [2.75, 3.05) is 11.4 Å². The highest BCUT2D eigenvalue weighted by Crippen LogP contribution is 2.28. The first-order chi connectivity index (χ1) is 15.8. The van der Waals surface area contributed by atoms with Gasteiger partial charge in [-0.25, -0.2) is 4.90 Å². The molecule has 1 fully saturated rings. The zero-order valence-electron chi connectivity index (χ0n) is 18.0. The number of aryl methyl sites for hydroxylation is 1. The van der Waals surface area contributed by atoms with Crippen molar-refractivity contribution in [2.24, 2.45) is 0 Å². The Kier molecular flexibility index (Phi) is 6.82. The van der Waals surface area contributed by atoms with Crippen molar-refractivity contribution in [3.63, 3.8) is 0 Å². The van der Waals surface area contributed by atoms with Gasteiger partial charge in [0.15, 0.2) is 0 Å². The van der Waals surface area contributed by atoms with E-state index < -0.39 is 11.9 Å². The number of hydrogen-bond donors (Lipinski definition) is 0. The third kappa shape index (κ3) is 4.95. The minimum Gasteiger partial charge on any atom is -0.326 e. The molecule has 1 aliphatic heterocycles. The predicted molar refractivity (Wildman–Crippen MR) is 130 cm³/mol. The molecule has 7 heteroatoms. The van der Waals surface area contributed by atoms with E-state index in [1.165, 1.54) is 4.90 Å². The number of halogens is 2. The summed E-state index contributed by atoms with van der Waals surface area (Å²) in [5, 5.41) is 1.11. The minimum atomic E-state index is -0.889. The van der Waals surface area contributed by atoms with Crippen LogP contribution in [0, 0.1) is 6.92 Å². The molecule has 1 heterocycles. The molecule has 1 atom stereocenters. The van der Waals surface area contributed by atoms with E-state index in [-0.39, 0.29) is 24.8 Å². The number of nitrogens with zero attached hydrogens (tertiary/aromatic N) is 2. The summed E-state index contributed by atoms with van der Waals surface area (Å²) < 4.78 is 0. The van der Waals surface area contributed by atoms with Crippen LogP contribution in [0.4, 0.5) is 5.69 Å². The van der Waals surface area contributed by atoms with E-state index in [0.717, 1.165) is 16.0 Å². The maximum Gasteiger partial charge on any atom is 0.257 e. The first-order valence-corrected chi connectivity index (χ1v) is 11.3. The fourth-order valence-electron chi connectivity index (χ4n) is 4.03. The smallest absolute Gasteiger partial charge is 0.257 e. The summed E-state index contributed by atoms with van der Waals surface area (Å²) in [6.45, 7) is 2.12. The molecule has 5 nitrogen and oxygen atoms in total. The monoisotopic (exact) mass is 480 g/mol. The van der Waals surface area contributed by atoms with E-state index in [1.807, 2.05) is 37.3 Å². The maximum atomic E-state index is 13.6. The lowest BCUT2D eigenvalue weighted by Gasteiger charge is -2.28. The van der Waals surface area contributed by atoms with Gasteiger partial charge >= 0.3 is 0 Å². The lowest BCUT2D eigenvalue weighted by Crippen LogP contribution is -2.46. The van der Waals surface area contributed by atoms with Gasteiger partial charge in [0.25, 0.3) is 11.8 Å². The molecule has 4 rings (SSSR count). The lowest BCUT2D eigenvalue weighted by molar-refractivity contribution is -0.122. The van der Waals surface area contributed by atoms with Crippen LogP contribution < -0.4 is 4.90 Å². The topological polar surface area (TPSA) is 57.7 Å².